The van der Waals surface area contributed by atoms with Crippen molar-refractivity contribution in [1.82, 2.24) is 14.8 Å². The molecule has 25 heavy (non-hydrogen) atoms. The number of amides is 1. The quantitative estimate of drug-likeness (QED) is 0.630. The molecule has 1 amide bonds. The summed E-state index contributed by atoms with van der Waals surface area (Å²) in [5, 5.41) is 8.86. The number of rotatable bonds is 6. The van der Waals surface area contributed by atoms with Gasteiger partial charge < -0.3 is 5.32 Å². The molecule has 0 saturated carbocycles. The van der Waals surface area contributed by atoms with E-state index in [0.29, 0.717) is 22.9 Å². The van der Waals surface area contributed by atoms with Crippen molar-refractivity contribution in [2.24, 2.45) is 0 Å². The molecule has 1 aromatic carbocycles. The van der Waals surface area contributed by atoms with Crippen LogP contribution in [0.2, 0.25) is 5.02 Å². The molecule has 0 aliphatic rings. The van der Waals surface area contributed by atoms with Gasteiger partial charge in [-0.2, -0.15) is 5.10 Å². The van der Waals surface area contributed by atoms with Gasteiger partial charge in [0.05, 0.1) is 18.1 Å². The number of nitrogens with zero attached hydrogens (tertiary/aromatic N) is 3. The van der Waals surface area contributed by atoms with E-state index in [2.05, 4.69) is 29.2 Å². The van der Waals surface area contributed by atoms with Crippen LogP contribution < -0.4 is 5.32 Å². The van der Waals surface area contributed by atoms with Gasteiger partial charge in [0.25, 0.3) is 0 Å². The summed E-state index contributed by atoms with van der Waals surface area (Å²) < 4.78 is 1.86. The fourth-order valence-corrected chi connectivity index (χ4v) is 3.38. The number of thioether (sulfide) groups is 1. The minimum Gasteiger partial charge on any atom is -0.325 e. The maximum Gasteiger partial charge on any atom is 0.225 e. The number of hydrogen-bond donors (Lipinski definition) is 1. The Morgan fingerprint density at radius 2 is 2.04 bits per heavy atom. The molecule has 0 spiro atoms. The first-order valence-corrected chi connectivity index (χ1v) is 9.41. The van der Waals surface area contributed by atoms with Gasteiger partial charge in [-0.05, 0) is 44.2 Å². The molecule has 3 aromatic rings. The minimum atomic E-state index is -0.0288. The van der Waals surface area contributed by atoms with Gasteiger partial charge in [-0.1, -0.05) is 11.6 Å². The highest BCUT2D eigenvalue weighted by molar-refractivity contribution is 7.99. The van der Waals surface area contributed by atoms with Crippen LogP contribution in [0.5, 0.6) is 0 Å². The summed E-state index contributed by atoms with van der Waals surface area (Å²) in [6.45, 7) is 4.12. The summed E-state index contributed by atoms with van der Waals surface area (Å²) in [7, 11) is 0. The first-order valence-electron chi connectivity index (χ1n) is 8.04. The van der Waals surface area contributed by atoms with E-state index in [1.165, 1.54) is 0 Å². The Hall–Kier alpha value is -2.05. The molecule has 2 heterocycles. The number of benzene rings is 1. The van der Waals surface area contributed by atoms with Crippen molar-refractivity contribution in [3.05, 3.63) is 47.7 Å². The van der Waals surface area contributed by atoms with Crippen LogP contribution in [0.3, 0.4) is 0 Å². The van der Waals surface area contributed by atoms with Gasteiger partial charge in [0.1, 0.15) is 0 Å². The summed E-state index contributed by atoms with van der Waals surface area (Å²) in [4.78, 5) is 17.6. The first-order chi connectivity index (χ1) is 12.0. The zero-order valence-corrected chi connectivity index (χ0v) is 15.6. The Labute approximate surface area is 155 Å². The van der Waals surface area contributed by atoms with E-state index in [4.69, 9.17) is 11.6 Å². The van der Waals surface area contributed by atoms with Gasteiger partial charge in [-0.3, -0.25) is 4.79 Å². The second kappa shape index (κ2) is 7.89. The van der Waals surface area contributed by atoms with E-state index < -0.39 is 0 Å². The molecular weight excluding hydrogens is 356 g/mol. The van der Waals surface area contributed by atoms with Crippen molar-refractivity contribution < 1.29 is 4.79 Å². The van der Waals surface area contributed by atoms with Crippen molar-refractivity contribution in [3.8, 4) is 0 Å². The Kier molecular flexibility index (Phi) is 5.60. The van der Waals surface area contributed by atoms with Gasteiger partial charge in [-0.25, -0.2) is 9.67 Å². The molecule has 130 valence electrons. The van der Waals surface area contributed by atoms with Crippen molar-refractivity contribution in [3.63, 3.8) is 0 Å². The molecule has 0 bridgehead atoms. The number of nitrogens with one attached hydrogen (secondary N) is 1. The molecular formula is C18H19ClN4OS. The molecule has 0 aliphatic heterocycles. The third kappa shape index (κ3) is 4.52. The molecule has 0 fully saturated rings. The lowest BCUT2D eigenvalue weighted by molar-refractivity contribution is -0.115. The second-order valence-corrected chi connectivity index (χ2v) is 7.53. The lowest BCUT2D eigenvalue weighted by Gasteiger charge is -2.07. The number of halogens is 1. The molecule has 0 unspecified atom stereocenters. The summed E-state index contributed by atoms with van der Waals surface area (Å²) in [6.07, 6.45) is 3.87. The largest absolute Gasteiger partial charge is 0.325 e. The predicted octanol–water partition coefficient (Wildman–Crippen LogP) is 4.79. The highest BCUT2D eigenvalue weighted by Gasteiger charge is 2.09. The molecule has 3 rings (SSSR count). The molecule has 0 atom stereocenters. The third-order valence-electron chi connectivity index (χ3n) is 3.62. The first kappa shape index (κ1) is 17.8. The molecule has 2 aromatic heterocycles. The van der Waals surface area contributed by atoms with Crippen LogP contribution in [0.4, 0.5) is 5.69 Å². The van der Waals surface area contributed by atoms with Gasteiger partial charge in [0.15, 0.2) is 5.65 Å². The Bertz CT molecular complexity index is 876. The fraction of sp³-hybridized carbons (Fsp3) is 0.278. The van der Waals surface area contributed by atoms with Gasteiger partial charge >= 0.3 is 0 Å². The molecule has 5 nitrogen and oxygen atoms in total. The average Bonchev–Trinajstić information content (AvgIpc) is 3.00. The monoisotopic (exact) mass is 374 g/mol. The van der Waals surface area contributed by atoms with E-state index >= 15 is 0 Å². The average molecular weight is 375 g/mol. The van der Waals surface area contributed by atoms with Crippen LogP contribution in [0, 0.1) is 0 Å². The van der Waals surface area contributed by atoms with E-state index in [1.807, 2.05) is 35.0 Å². The van der Waals surface area contributed by atoms with Crippen molar-refractivity contribution >= 4 is 46.0 Å². The maximum absolute atomic E-state index is 12.1. The number of carbonyl (C=O) groups excluding carboxylic acids is 1. The highest BCUT2D eigenvalue weighted by atomic mass is 35.5. The zero-order chi connectivity index (χ0) is 17.8. The summed E-state index contributed by atoms with van der Waals surface area (Å²) >= 11 is 7.49. The van der Waals surface area contributed by atoms with Crippen molar-refractivity contribution in [1.29, 1.82) is 0 Å². The van der Waals surface area contributed by atoms with E-state index in [-0.39, 0.29) is 11.9 Å². The van der Waals surface area contributed by atoms with Crippen LogP contribution in [0.15, 0.2) is 47.6 Å². The smallest absolute Gasteiger partial charge is 0.225 e. The van der Waals surface area contributed by atoms with E-state index in [0.717, 1.165) is 15.9 Å². The molecule has 1 N–H and O–H groups in total. The maximum atomic E-state index is 12.1. The van der Waals surface area contributed by atoms with E-state index in [9.17, 15) is 4.79 Å². The molecule has 0 saturated heterocycles. The lowest BCUT2D eigenvalue weighted by atomic mass is 10.3. The third-order valence-corrected chi connectivity index (χ3v) is 4.88. The standard InChI is InChI=1S/C18H19ClN4OS/c1-12(2)23-18-13(10-21-23)9-15(11-20-18)22-17(24)7-8-25-16-5-3-14(19)4-6-16/h3-6,9-12H,7-8H2,1-2H3,(H,22,24). The Morgan fingerprint density at radius 3 is 2.76 bits per heavy atom. The van der Waals surface area contributed by atoms with Crippen LogP contribution in [-0.4, -0.2) is 26.4 Å². The van der Waals surface area contributed by atoms with Crippen LogP contribution in [-0.2, 0) is 4.79 Å². The minimum absolute atomic E-state index is 0.0288. The topological polar surface area (TPSA) is 59.8 Å². The summed E-state index contributed by atoms with van der Waals surface area (Å²) in [5.74, 6) is 0.674. The number of fused-ring (bicyclic) bond motifs is 1. The van der Waals surface area contributed by atoms with Gasteiger partial charge in [0, 0.05) is 33.5 Å². The van der Waals surface area contributed by atoms with Crippen LogP contribution >= 0.6 is 23.4 Å². The van der Waals surface area contributed by atoms with Crippen LogP contribution in [0.25, 0.3) is 11.0 Å². The lowest BCUT2D eigenvalue weighted by Crippen LogP contribution is -2.12. The SMILES string of the molecule is CC(C)n1ncc2cc(NC(=O)CCSc3ccc(Cl)cc3)cnc21. The van der Waals surface area contributed by atoms with Gasteiger partial charge in [0.2, 0.25) is 5.91 Å². The highest BCUT2D eigenvalue weighted by Crippen LogP contribution is 2.22. The number of hydrogen-bond acceptors (Lipinski definition) is 4. The number of anilines is 1. The summed E-state index contributed by atoms with van der Waals surface area (Å²) in [5.41, 5.74) is 1.52. The number of pyridine rings is 1. The normalized spacial score (nSPS) is 11.2. The molecule has 7 heteroatoms. The fourth-order valence-electron chi connectivity index (χ4n) is 2.40. The van der Waals surface area contributed by atoms with Crippen molar-refractivity contribution in [2.45, 2.75) is 31.2 Å². The van der Waals surface area contributed by atoms with Crippen molar-refractivity contribution in [2.75, 3.05) is 11.1 Å². The molecule has 0 aliphatic carbocycles. The summed E-state index contributed by atoms with van der Waals surface area (Å²) in [6, 6.07) is 9.75. The molecule has 0 radical (unpaired) electrons. The van der Waals surface area contributed by atoms with Gasteiger partial charge in [-0.15, -0.1) is 11.8 Å². The number of aromatic nitrogens is 3. The Morgan fingerprint density at radius 1 is 1.28 bits per heavy atom. The second-order valence-electron chi connectivity index (χ2n) is 5.92. The number of carbonyl (C=O) groups is 1. The zero-order valence-electron chi connectivity index (χ0n) is 14.1. The Balaban J connectivity index is 1.55. The predicted molar refractivity (Wildman–Crippen MR) is 103 cm³/mol. The van der Waals surface area contributed by atoms with E-state index in [1.54, 1.807) is 24.2 Å². The van der Waals surface area contributed by atoms with Crippen LogP contribution in [0.1, 0.15) is 26.3 Å².